The smallest absolute Gasteiger partial charge is 0.158 e. The van der Waals surface area contributed by atoms with Crippen LogP contribution in [0.2, 0.25) is 0 Å². The van der Waals surface area contributed by atoms with E-state index in [1.54, 1.807) is 29.1 Å². The monoisotopic (exact) mass is 349 g/mol. The number of benzene rings is 1. The molecule has 4 rings (SSSR count). The Kier molecular flexibility index (Phi) is 4.14. The summed E-state index contributed by atoms with van der Waals surface area (Å²) in [6.45, 7) is 2.04. The number of anilines is 2. The van der Waals surface area contributed by atoms with Crippen molar-refractivity contribution >= 4 is 11.6 Å². The molecule has 0 saturated carbocycles. The van der Waals surface area contributed by atoms with Gasteiger partial charge in [-0.15, -0.1) is 0 Å². The topological polar surface area (TPSA) is 84.3 Å². The second-order valence-corrected chi connectivity index (χ2v) is 5.62. The van der Waals surface area contributed by atoms with Gasteiger partial charge in [0.25, 0.3) is 0 Å². The largest absolute Gasteiger partial charge is 0.323 e. The molecule has 0 radical (unpaired) electrons. The fraction of sp³-hybridized carbons (Fsp3) is 0.111. The first-order valence-corrected chi connectivity index (χ1v) is 8.17. The Morgan fingerprint density at radius 1 is 1.19 bits per heavy atom. The third-order valence-electron chi connectivity index (χ3n) is 3.99. The van der Waals surface area contributed by atoms with Gasteiger partial charge in [0.2, 0.25) is 0 Å². The molecule has 0 amide bonds. The summed E-state index contributed by atoms with van der Waals surface area (Å²) in [4.78, 5) is 8.46. The predicted octanol–water partition coefficient (Wildman–Crippen LogP) is 3.50. The highest BCUT2D eigenvalue weighted by molar-refractivity contribution is 5.71. The first kappa shape index (κ1) is 15.9. The van der Waals surface area contributed by atoms with Crippen molar-refractivity contribution in [1.82, 2.24) is 29.9 Å². The molecule has 26 heavy (non-hydrogen) atoms. The zero-order valence-electron chi connectivity index (χ0n) is 14.0. The van der Waals surface area contributed by atoms with Gasteiger partial charge in [0.15, 0.2) is 11.6 Å². The lowest BCUT2D eigenvalue weighted by atomic mass is 10.1. The van der Waals surface area contributed by atoms with Crippen molar-refractivity contribution in [2.45, 2.75) is 13.3 Å². The van der Waals surface area contributed by atoms with Crippen molar-refractivity contribution in [3.8, 4) is 17.1 Å². The minimum Gasteiger partial charge on any atom is -0.323 e. The Bertz CT molecular complexity index is 1010. The molecule has 0 unspecified atom stereocenters. The van der Waals surface area contributed by atoms with Gasteiger partial charge in [-0.05, 0) is 36.8 Å². The van der Waals surface area contributed by atoms with Crippen LogP contribution in [0.5, 0.6) is 0 Å². The van der Waals surface area contributed by atoms with Crippen LogP contribution in [-0.2, 0) is 6.42 Å². The van der Waals surface area contributed by atoms with Crippen LogP contribution in [0, 0.1) is 5.82 Å². The summed E-state index contributed by atoms with van der Waals surface area (Å²) in [6, 6.07) is 9.94. The average molecular weight is 349 g/mol. The van der Waals surface area contributed by atoms with Crippen molar-refractivity contribution in [3.63, 3.8) is 0 Å². The standard InChI is InChI=1S/C18H16FN7/c1-2-14-17(12-4-6-13(19)7-5-12)24-25-18(14)23-15-10-16(21-11-20-15)26-9-3-8-22-26/h3-11H,2H2,1H3,(H2,20,21,23,24,25). The maximum atomic E-state index is 13.2. The van der Waals surface area contributed by atoms with E-state index >= 15 is 0 Å². The van der Waals surface area contributed by atoms with E-state index in [0.717, 1.165) is 23.2 Å². The molecular weight excluding hydrogens is 333 g/mol. The van der Waals surface area contributed by atoms with Gasteiger partial charge in [0, 0.05) is 29.6 Å². The highest BCUT2D eigenvalue weighted by Gasteiger charge is 2.14. The summed E-state index contributed by atoms with van der Waals surface area (Å²) in [7, 11) is 0. The van der Waals surface area contributed by atoms with Crippen LogP contribution in [0.15, 0.2) is 55.1 Å². The molecule has 0 bridgehead atoms. The minimum atomic E-state index is -0.267. The van der Waals surface area contributed by atoms with E-state index in [-0.39, 0.29) is 5.82 Å². The highest BCUT2D eigenvalue weighted by Crippen LogP contribution is 2.29. The zero-order chi connectivity index (χ0) is 17.9. The van der Waals surface area contributed by atoms with Gasteiger partial charge in [-0.1, -0.05) is 6.92 Å². The van der Waals surface area contributed by atoms with Gasteiger partial charge in [-0.2, -0.15) is 10.2 Å². The number of aromatic nitrogens is 6. The summed E-state index contributed by atoms with van der Waals surface area (Å²) in [5.74, 6) is 1.67. The number of nitrogens with zero attached hydrogens (tertiary/aromatic N) is 5. The molecule has 0 fully saturated rings. The van der Waals surface area contributed by atoms with Crippen molar-refractivity contribution in [1.29, 1.82) is 0 Å². The molecule has 4 aromatic rings. The van der Waals surface area contributed by atoms with E-state index in [2.05, 4.69) is 30.6 Å². The first-order valence-electron chi connectivity index (χ1n) is 8.17. The van der Waals surface area contributed by atoms with E-state index in [9.17, 15) is 4.39 Å². The first-order chi connectivity index (χ1) is 12.7. The fourth-order valence-corrected chi connectivity index (χ4v) is 2.73. The molecule has 7 nitrogen and oxygen atoms in total. The Morgan fingerprint density at radius 3 is 2.77 bits per heavy atom. The third kappa shape index (κ3) is 3.04. The van der Waals surface area contributed by atoms with E-state index in [4.69, 9.17) is 0 Å². The third-order valence-corrected chi connectivity index (χ3v) is 3.99. The quantitative estimate of drug-likeness (QED) is 0.576. The average Bonchev–Trinajstić information content (AvgIpc) is 3.32. The van der Waals surface area contributed by atoms with Crippen LogP contribution in [0.25, 0.3) is 17.1 Å². The van der Waals surface area contributed by atoms with Crippen molar-refractivity contribution in [2.75, 3.05) is 5.32 Å². The zero-order valence-corrected chi connectivity index (χ0v) is 14.0. The van der Waals surface area contributed by atoms with Gasteiger partial charge >= 0.3 is 0 Å². The molecule has 0 spiro atoms. The Balaban J connectivity index is 1.65. The van der Waals surface area contributed by atoms with Gasteiger partial charge in [0.05, 0.1) is 5.69 Å². The molecule has 0 atom stereocenters. The lowest BCUT2D eigenvalue weighted by Crippen LogP contribution is -2.02. The van der Waals surface area contributed by atoms with Crippen LogP contribution < -0.4 is 5.32 Å². The molecule has 0 aliphatic carbocycles. The van der Waals surface area contributed by atoms with Gasteiger partial charge < -0.3 is 5.32 Å². The van der Waals surface area contributed by atoms with Crippen molar-refractivity contribution in [2.24, 2.45) is 0 Å². The van der Waals surface area contributed by atoms with Crippen LogP contribution >= 0.6 is 0 Å². The maximum Gasteiger partial charge on any atom is 0.158 e. The Hall–Kier alpha value is -3.55. The summed E-state index contributed by atoms with van der Waals surface area (Å²) in [5.41, 5.74) is 2.73. The number of rotatable bonds is 5. The number of halogens is 1. The predicted molar refractivity (Wildman–Crippen MR) is 95.8 cm³/mol. The molecule has 0 aliphatic heterocycles. The lowest BCUT2D eigenvalue weighted by Gasteiger charge is -2.07. The van der Waals surface area contributed by atoms with E-state index < -0.39 is 0 Å². The molecular formula is C18H16FN7. The fourth-order valence-electron chi connectivity index (χ4n) is 2.73. The second kappa shape index (κ2) is 6.75. The summed E-state index contributed by atoms with van der Waals surface area (Å²) in [5, 5.41) is 14.8. The molecule has 3 aromatic heterocycles. The van der Waals surface area contributed by atoms with Crippen LogP contribution in [0.4, 0.5) is 16.0 Å². The van der Waals surface area contributed by atoms with Gasteiger partial charge in [0.1, 0.15) is 18.0 Å². The lowest BCUT2D eigenvalue weighted by molar-refractivity contribution is 0.628. The minimum absolute atomic E-state index is 0.267. The SMILES string of the molecule is CCc1c(Nc2cc(-n3cccn3)ncn2)n[nH]c1-c1ccc(F)cc1. The second-order valence-electron chi connectivity index (χ2n) is 5.62. The van der Waals surface area contributed by atoms with E-state index in [1.807, 2.05) is 19.2 Å². The van der Waals surface area contributed by atoms with Gasteiger partial charge in [-0.3, -0.25) is 5.10 Å². The summed E-state index contributed by atoms with van der Waals surface area (Å²) >= 11 is 0. The van der Waals surface area contributed by atoms with Crippen LogP contribution in [0.3, 0.4) is 0 Å². The molecule has 130 valence electrons. The van der Waals surface area contributed by atoms with E-state index in [0.29, 0.717) is 17.5 Å². The molecule has 0 saturated heterocycles. The number of H-pyrrole nitrogens is 1. The van der Waals surface area contributed by atoms with Crippen LogP contribution in [-0.4, -0.2) is 29.9 Å². The number of hydrogen-bond acceptors (Lipinski definition) is 5. The Labute approximate surface area is 148 Å². The molecule has 0 aliphatic rings. The summed E-state index contributed by atoms with van der Waals surface area (Å²) < 4.78 is 14.8. The number of aromatic amines is 1. The number of hydrogen-bond donors (Lipinski definition) is 2. The van der Waals surface area contributed by atoms with Gasteiger partial charge in [-0.25, -0.2) is 19.0 Å². The molecule has 2 N–H and O–H groups in total. The maximum absolute atomic E-state index is 13.2. The Morgan fingerprint density at radius 2 is 2.04 bits per heavy atom. The van der Waals surface area contributed by atoms with Crippen molar-refractivity contribution in [3.05, 3.63) is 66.5 Å². The number of nitrogens with one attached hydrogen (secondary N) is 2. The summed E-state index contributed by atoms with van der Waals surface area (Å²) in [6.07, 6.45) is 5.72. The molecule has 3 heterocycles. The van der Waals surface area contributed by atoms with Crippen LogP contribution in [0.1, 0.15) is 12.5 Å². The van der Waals surface area contributed by atoms with Crippen molar-refractivity contribution < 1.29 is 4.39 Å². The van der Waals surface area contributed by atoms with E-state index in [1.165, 1.54) is 18.5 Å². The highest BCUT2D eigenvalue weighted by atomic mass is 19.1. The normalized spacial score (nSPS) is 10.8. The molecule has 8 heteroatoms. The molecule has 1 aromatic carbocycles.